The zero-order valence-electron chi connectivity index (χ0n) is 17.3. The third kappa shape index (κ3) is 18.3. The largest absolute Gasteiger partial charge is 0.458 e. The van der Waals surface area contributed by atoms with Crippen LogP contribution in [-0.2, 0) is 23.9 Å². The van der Waals surface area contributed by atoms with Gasteiger partial charge in [0.15, 0.2) is 5.78 Å². The van der Waals surface area contributed by atoms with Crippen LogP contribution in [0, 0.1) is 5.41 Å². The maximum atomic E-state index is 12.0. The van der Waals surface area contributed by atoms with Gasteiger partial charge in [-0.25, -0.2) is 4.79 Å². The molecule has 0 bridgehead atoms. The quantitative estimate of drug-likeness (QED) is 0.205. The van der Waals surface area contributed by atoms with Gasteiger partial charge in [-0.1, -0.05) is 6.92 Å². The molecule has 1 unspecified atom stereocenters. The predicted molar refractivity (Wildman–Crippen MR) is 104 cm³/mol. The molecule has 0 heterocycles. The van der Waals surface area contributed by atoms with E-state index in [1.54, 1.807) is 20.8 Å². The van der Waals surface area contributed by atoms with Gasteiger partial charge in [0, 0.05) is 19.4 Å². The Bertz CT molecular complexity index is 487. The molecule has 0 rings (SSSR count). The average molecular weight is 386 g/mol. The number of ketones is 1. The molecule has 0 aromatic carbocycles. The number of Topliss-reactive ketones (excluding diaryl/α,β-unsaturated/α-hetero) is 1. The lowest BCUT2D eigenvalue weighted by Crippen LogP contribution is -2.45. The number of hydrogen-bond donors (Lipinski definition) is 3. The molecular formula is C18H34N4O5. The summed E-state index contributed by atoms with van der Waals surface area (Å²) in [7, 11) is 4.11. The van der Waals surface area contributed by atoms with Crippen LogP contribution >= 0.6 is 0 Å². The van der Waals surface area contributed by atoms with Gasteiger partial charge < -0.3 is 25.7 Å². The van der Waals surface area contributed by atoms with Crippen LogP contribution in [0.1, 0.15) is 47.0 Å². The first-order chi connectivity index (χ1) is 12.5. The van der Waals surface area contributed by atoms with Gasteiger partial charge in [-0.2, -0.15) is 0 Å². The van der Waals surface area contributed by atoms with E-state index in [1.165, 1.54) is 0 Å². The molecule has 0 fully saturated rings. The summed E-state index contributed by atoms with van der Waals surface area (Å²) in [6.07, 6.45) is 1.16. The van der Waals surface area contributed by atoms with Crippen LogP contribution in [0.2, 0.25) is 0 Å². The molecule has 3 N–H and O–H groups in total. The molecule has 27 heavy (non-hydrogen) atoms. The second-order valence-corrected chi connectivity index (χ2v) is 7.02. The molecular weight excluding hydrogens is 352 g/mol. The van der Waals surface area contributed by atoms with Crippen molar-refractivity contribution in [1.29, 1.82) is 5.41 Å². The monoisotopic (exact) mass is 386 g/mol. The highest BCUT2D eigenvalue weighted by atomic mass is 16.6. The Morgan fingerprint density at radius 3 is 2.15 bits per heavy atom. The average Bonchev–Trinajstić information content (AvgIpc) is 2.57. The number of esters is 1. The molecule has 9 heteroatoms. The van der Waals surface area contributed by atoms with E-state index in [9.17, 15) is 19.2 Å². The lowest BCUT2D eigenvalue weighted by atomic mass is 10.1. The normalized spacial score (nSPS) is 11.5. The van der Waals surface area contributed by atoms with Gasteiger partial charge in [-0.15, -0.1) is 0 Å². The summed E-state index contributed by atoms with van der Waals surface area (Å²) in [5.74, 6) is -1.51. The number of amides is 2. The highest BCUT2D eigenvalue weighted by Crippen LogP contribution is 2.11. The third-order valence-electron chi connectivity index (χ3n) is 3.08. The fourth-order valence-corrected chi connectivity index (χ4v) is 1.49. The van der Waals surface area contributed by atoms with Crippen LogP contribution in [0.25, 0.3) is 0 Å². The van der Waals surface area contributed by atoms with Gasteiger partial charge in [0.1, 0.15) is 11.6 Å². The van der Waals surface area contributed by atoms with Gasteiger partial charge in [0.2, 0.25) is 12.3 Å². The van der Waals surface area contributed by atoms with Crippen molar-refractivity contribution in [3.05, 3.63) is 0 Å². The second-order valence-electron chi connectivity index (χ2n) is 7.02. The Labute approximate surface area is 161 Å². The number of carbonyl (C=O) groups excluding carboxylic acids is 4. The first kappa shape index (κ1) is 26.9. The van der Waals surface area contributed by atoms with E-state index in [2.05, 4.69) is 36.6 Å². The lowest BCUT2D eigenvalue weighted by Gasteiger charge is -2.24. The number of rotatable bonds is 11. The topological polar surface area (TPSA) is 129 Å². The van der Waals surface area contributed by atoms with Crippen molar-refractivity contribution >= 4 is 30.3 Å². The molecule has 0 saturated heterocycles. The van der Waals surface area contributed by atoms with Crippen molar-refractivity contribution in [2.75, 3.05) is 27.2 Å². The minimum absolute atomic E-state index is 0.0105. The first-order valence-electron chi connectivity index (χ1n) is 8.84. The van der Waals surface area contributed by atoms with Crippen LogP contribution in [0.4, 0.5) is 0 Å². The predicted octanol–water partition coefficient (Wildman–Crippen LogP) is 0.516. The second kappa shape index (κ2) is 14.8. The third-order valence-corrected chi connectivity index (χ3v) is 3.08. The lowest BCUT2D eigenvalue weighted by molar-refractivity contribution is -0.158. The van der Waals surface area contributed by atoms with Gasteiger partial charge in [-0.05, 0) is 47.8 Å². The Morgan fingerprint density at radius 2 is 1.74 bits per heavy atom. The summed E-state index contributed by atoms with van der Waals surface area (Å²) in [4.78, 5) is 47.2. The summed E-state index contributed by atoms with van der Waals surface area (Å²) in [5, 5.41) is 11.7. The molecule has 0 saturated carbocycles. The SMILES string of the molecule is CC(C)(C)OC(=O)C(CCC(=O)C=N)NC(=O)CCNC=O.CCN(C)C. The molecule has 0 aromatic heterocycles. The van der Waals surface area contributed by atoms with E-state index in [0.29, 0.717) is 12.6 Å². The number of hydrogen-bond acceptors (Lipinski definition) is 7. The zero-order valence-corrected chi connectivity index (χ0v) is 17.3. The van der Waals surface area contributed by atoms with Crippen LogP contribution in [0.3, 0.4) is 0 Å². The van der Waals surface area contributed by atoms with Gasteiger partial charge in [0.25, 0.3) is 0 Å². The Hall–Kier alpha value is -2.29. The molecule has 0 aliphatic carbocycles. The zero-order chi connectivity index (χ0) is 21.5. The van der Waals surface area contributed by atoms with Gasteiger partial charge >= 0.3 is 5.97 Å². The molecule has 0 radical (unpaired) electrons. The molecule has 1 atom stereocenters. The van der Waals surface area contributed by atoms with Crippen molar-refractivity contribution < 1.29 is 23.9 Å². The van der Waals surface area contributed by atoms with Crippen molar-refractivity contribution in [1.82, 2.24) is 15.5 Å². The maximum absolute atomic E-state index is 12.0. The fraction of sp³-hybridized carbons (Fsp3) is 0.722. The smallest absolute Gasteiger partial charge is 0.329 e. The van der Waals surface area contributed by atoms with E-state index >= 15 is 0 Å². The van der Waals surface area contributed by atoms with Crippen molar-refractivity contribution in [3.63, 3.8) is 0 Å². The molecule has 0 aliphatic rings. The van der Waals surface area contributed by atoms with E-state index in [1.807, 2.05) is 0 Å². The molecule has 0 aliphatic heterocycles. The summed E-state index contributed by atoms with van der Waals surface area (Å²) in [5.41, 5.74) is -0.718. The molecule has 0 aromatic rings. The molecule has 156 valence electrons. The highest BCUT2D eigenvalue weighted by molar-refractivity contribution is 6.26. The van der Waals surface area contributed by atoms with E-state index < -0.39 is 29.3 Å². The summed E-state index contributed by atoms with van der Waals surface area (Å²) >= 11 is 0. The van der Waals surface area contributed by atoms with E-state index in [4.69, 9.17) is 10.1 Å². The molecule has 0 spiro atoms. The first-order valence-corrected chi connectivity index (χ1v) is 8.84. The molecule has 9 nitrogen and oxygen atoms in total. The summed E-state index contributed by atoms with van der Waals surface area (Å²) in [6.45, 7) is 8.50. The minimum atomic E-state index is -0.966. The summed E-state index contributed by atoms with van der Waals surface area (Å²) in [6, 6.07) is -0.966. The van der Waals surface area contributed by atoms with Crippen LogP contribution < -0.4 is 10.6 Å². The van der Waals surface area contributed by atoms with Crippen LogP contribution in [0.15, 0.2) is 0 Å². The number of ether oxygens (including phenoxy) is 1. The number of carbonyl (C=O) groups is 4. The van der Waals surface area contributed by atoms with Crippen molar-refractivity contribution in [3.8, 4) is 0 Å². The fourth-order valence-electron chi connectivity index (χ4n) is 1.49. The maximum Gasteiger partial charge on any atom is 0.329 e. The van der Waals surface area contributed by atoms with Crippen LogP contribution in [0.5, 0.6) is 0 Å². The van der Waals surface area contributed by atoms with Gasteiger partial charge in [-0.3, -0.25) is 14.4 Å². The van der Waals surface area contributed by atoms with E-state index in [0.717, 1.165) is 6.54 Å². The standard InChI is InChI=1S/C14H23N3O5.C4H11N/c1-14(2,3)22-13(21)11(5-4-10(19)8-15)17-12(20)6-7-16-9-18;1-4-5(2)3/h8-9,11,15H,4-7H2,1-3H3,(H,16,18)(H,17,20);4H2,1-3H3. The minimum Gasteiger partial charge on any atom is -0.458 e. The Balaban J connectivity index is 0. The van der Waals surface area contributed by atoms with Crippen molar-refractivity contribution in [2.24, 2.45) is 0 Å². The highest BCUT2D eigenvalue weighted by Gasteiger charge is 2.26. The van der Waals surface area contributed by atoms with Crippen molar-refractivity contribution in [2.45, 2.75) is 58.6 Å². The van der Waals surface area contributed by atoms with Gasteiger partial charge in [0.05, 0.1) is 6.21 Å². The Kier molecular flexibility index (Phi) is 14.8. The number of nitrogens with zero attached hydrogens (tertiary/aromatic N) is 1. The summed E-state index contributed by atoms with van der Waals surface area (Å²) < 4.78 is 5.20. The Morgan fingerprint density at radius 1 is 1.19 bits per heavy atom. The van der Waals surface area contributed by atoms with Crippen LogP contribution in [-0.4, -0.2) is 74.0 Å². The molecule has 2 amide bonds. The number of nitrogens with one attached hydrogen (secondary N) is 3. The van der Waals surface area contributed by atoms with E-state index in [-0.39, 0.29) is 25.8 Å².